The van der Waals surface area contributed by atoms with E-state index in [-0.39, 0.29) is 29.2 Å². The number of carbonyl (C=O) groups excluding carboxylic acids is 2. The topological polar surface area (TPSA) is 55.8 Å². The molecule has 188 valence electrons. The summed E-state index contributed by atoms with van der Waals surface area (Å²) in [6, 6.07) is 6.63. The molecule has 11 heteroatoms. The Morgan fingerprint density at radius 1 is 1.03 bits per heavy atom. The Kier molecular flexibility index (Phi) is 7.32. The number of hydrogen-bond acceptors (Lipinski definition) is 5. The van der Waals surface area contributed by atoms with Crippen LogP contribution in [0.1, 0.15) is 53.1 Å². The molecule has 0 radical (unpaired) electrons. The first-order chi connectivity index (χ1) is 16.5. The van der Waals surface area contributed by atoms with Gasteiger partial charge in [0.25, 0.3) is 0 Å². The molecule has 1 saturated heterocycles. The van der Waals surface area contributed by atoms with Gasteiger partial charge in [-0.3, -0.25) is 4.90 Å². The molecule has 2 fully saturated rings. The molecule has 0 N–H and O–H groups in total. The van der Waals surface area contributed by atoms with Crippen molar-refractivity contribution in [2.45, 2.75) is 50.4 Å². The minimum atomic E-state index is -5.37. The first kappa shape index (κ1) is 25.4. The van der Waals surface area contributed by atoms with Crippen molar-refractivity contribution < 1.29 is 41.0 Å². The molecule has 0 aromatic heterocycles. The molecule has 5 nitrogen and oxygen atoms in total. The lowest BCUT2D eigenvalue weighted by Crippen LogP contribution is -2.38. The van der Waals surface area contributed by atoms with Crippen LogP contribution in [0.25, 0.3) is 0 Å². The summed E-state index contributed by atoms with van der Waals surface area (Å²) < 4.78 is 75.5. The Morgan fingerprint density at radius 3 is 2.31 bits per heavy atom. The second-order valence-corrected chi connectivity index (χ2v) is 9.07. The first-order valence-corrected chi connectivity index (χ1v) is 11.4. The first-order valence-electron chi connectivity index (χ1n) is 11.0. The second kappa shape index (κ2) is 10.1. The molecule has 1 heterocycles. The maximum absolute atomic E-state index is 15.1. The average molecular weight is 518 g/mol. The van der Waals surface area contributed by atoms with E-state index in [9.17, 15) is 27.2 Å². The number of alkyl halides is 3. The number of benzene rings is 2. The number of piperidine rings is 1. The number of ether oxygens (including phenoxy) is 2. The third-order valence-corrected chi connectivity index (χ3v) is 6.27. The van der Waals surface area contributed by atoms with Gasteiger partial charge >= 0.3 is 18.1 Å². The number of rotatable bonds is 6. The molecule has 2 aliphatic rings. The number of nitrogens with zero attached hydrogens (tertiary/aromatic N) is 1. The standard InChI is InChI=1S/C24H21ClF5NO4/c25-19-11-16(26)3-4-20(19)34-17-5-7-31(8-6-17)12-15-9-14(13-1-2-13)10-18(21(15)27)22(32)35-23(33)24(28,29)30/h3-4,9-11,13,17H,1-2,5-8,12H2. The number of likely N-dealkylation sites (tertiary alicyclic amines) is 1. The van der Waals surface area contributed by atoms with Crippen LogP contribution in [-0.4, -0.2) is 42.2 Å². The van der Waals surface area contributed by atoms with E-state index in [4.69, 9.17) is 16.3 Å². The predicted octanol–water partition coefficient (Wildman–Crippen LogP) is 5.78. The Morgan fingerprint density at radius 2 is 1.71 bits per heavy atom. The quantitative estimate of drug-likeness (QED) is 0.276. The lowest BCUT2D eigenvalue weighted by molar-refractivity contribution is -0.193. The highest BCUT2D eigenvalue weighted by Gasteiger charge is 2.43. The van der Waals surface area contributed by atoms with Crippen molar-refractivity contribution in [2.75, 3.05) is 13.1 Å². The van der Waals surface area contributed by atoms with Gasteiger partial charge in [0.15, 0.2) is 0 Å². The zero-order chi connectivity index (χ0) is 25.3. The third-order valence-electron chi connectivity index (χ3n) is 5.97. The van der Waals surface area contributed by atoms with Crippen molar-refractivity contribution in [2.24, 2.45) is 0 Å². The molecule has 1 saturated carbocycles. The van der Waals surface area contributed by atoms with Gasteiger partial charge in [-0.15, -0.1) is 0 Å². The molecule has 0 bridgehead atoms. The van der Waals surface area contributed by atoms with Gasteiger partial charge < -0.3 is 9.47 Å². The van der Waals surface area contributed by atoms with Crippen LogP contribution in [0.5, 0.6) is 5.75 Å². The van der Waals surface area contributed by atoms with Gasteiger partial charge in [0.2, 0.25) is 0 Å². The van der Waals surface area contributed by atoms with Crippen LogP contribution >= 0.6 is 11.6 Å². The molecule has 35 heavy (non-hydrogen) atoms. The van der Waals surface area contributed by atoms with Crippen molar-refractivity contribution in [1.82, 2.24) is 4.90 Å². The summed E-state index contributed by atoms with van der Waals surface area (Å²) in [5.74, 6) is -5.39. The zero-order valence-electron chi connectivity index (χ0n) is 18.3. The smallest absolute Gasteiger partial charge is 0.489 e. The van der Waals surface area contributed by atoms with Crippen LogP contribution in [0.4, 0.5) is 22.0 Å². The summed E-state index contributed by atoms with van der Waals surface area (Å²) in [5.41, 5.74) is 0.0740. The largest absolute Gasteiger partial charge is 0.491 e. The minimum absolute atomic E-state index is 0.0822. The van der Waals surface area contributed by atoms with E-state index in [1.54, 1.807) is 6.07 Å². The summed E-state index contributed by atoms with van der Waals surface area (Å²) >= 11 is 6.01. The van der Waals surface area contributed by atoms with E-state index in [0.717, 1.165) is 25.0 Å². The number of esters is 2. The lowest BCUT2D eigenvalue weighted by Gasteiger charge is -2.32. The highest BCUT2D eigenvalue weighted by molar-refractivity contribution is 6.32. The molecule has 0 atom stereocenters. The van der Waals surface area contributed by atoms with Crippen LogP contribution in [0, 0.1) is 11.6 Å². The SMILES string of the molecule is O=C(OC(=O)C(F)(F)F)c1cc(C2CC2)cc(CN2CCC(Oc3ccc(F)cc3Cl)CC2)c1F. The number of carbonyl (C=O) groups is 2. The Bertz CT molecular complexity index is 1130. The Hall–Kier alpha value is -2.72. The van der Waals surface area contributed by atoms with Crippen molar-refractivity contribution in [1.29, 1.82) is 0 Å². The molecular formula is C24H21ClF5NO4. The van der Waals surface area contributed by atoms with Crippen molar-refractivity contribution in [3.8, 4) is 5.75 Å². The fourth-order valence-electron chi connectivity index (χ4n) is 4.00. The molecule has 1 aliphatic carbocycles. The van der Waals surface area contributed by atoms with Crippen molar-refractivity contribution in [3.63, 3.8) is 0 Å². The maximum Gasteiger partial charge on any atom is 0.491 e. The van der Waals surface area contributed by atoms with Crippen LogP contribution < -0.4 is 4.74 Å². The van der Waals surface area contributed by atoms with Crippen LogP contribution in [0.2, 0.25) is 5.02 Å². The van der Waals surface area contributed by atoms with Gasteiger partial charge in [-0.05, 0) is 61.4 Å². The summed E-state index contributed by atoms with van der Waals surface area (Å²) in [6.45, 7) is 1.15. The molecule has 2 aromatic carbocycles. The number of hydrogen-bond donors (Lipinski definition) is 0. The predicted molar refractivity (Wildman–Crippen MR) is 115 cm³/mol. The highest BCUT2D eigenvalue weighted by Crippen LogP contribution is 2.41. The fraction of sp³-hybridized carbons (Fsp3) is 0.417. The molecule has 0 amide bonds. The van der Waals surface area contributed by atoms with Crippen LogP contribution in [-0.2, 0) is 16.1 Å². The normalized spacial score (nSPS) is 17.3. The molecule has 1 aliphatic heterocycles. The minimum Gasteiger partial charge on any atom is -0.489 e. The van der Waals surface area contributed by atoms with Crippen LogP contribution in [0.3, 0.4) is 0 Å². The molecule has 0 spiro atoms. The lowest BCUT2D eigenvalue weighted by atomic mass is 10.00. The van der Waals surface area contributed by atoms with Gasteiger partial charge in [0, 0.05) is 25.2 Å². The fourth-order valence-corrected chi connectivity index (χ4v) is 4.21. The van der Waals surface area contributed by atoms with Crippen molar-refractivity contribution in [3.05, 3.63) is 63.7 Å². The third kappa shape index (κ3) is 6.29. The summed E-state index contributed by atoms with van der Waals surface area (Å²) in [6.07, 6.45) is -2.77. The Labute approximate surface area is 202 Å². The highest BCUT2D eigenvalue weighted by atomic mass is 35.5. The van der Waals surface area contributed by atoms with Crippen molar-refractivity contribution >= 4 is 23.5 Å². The zero-order valence-corrected chi connectivity index (χ0v) is 19.1. The summed E-state index contributed by atoms with van der Waals surface area (Å²) in [5, 5.41) is 0.162. The monoisotopic (exact) mass is 517 g/mol. The molecular weight excluding hydrogens is 497 g/mol. The van der Waals surface area contributed by atoms with Gasteiger partial charge in [-0.1, -0.05) is 17.7 Å². The molecule has 0 unspecified atom stereocenters. The Balaban J connectivity index is 1.43. The summed E-state index contributed by atoms with van der Waals surface area (Å²) in [4.78, 5) is 25.2. The van der Waals surface area contributed by atoms with Gasteiger partial charge in [0.05, 0.1) is 10.6 Å². The van der Waals surface area contributed by atoms with E-state index in [0.29, 0.717) is 37.2 Å². The molecule has 2 aromatic rings. The number of halogens is 6. The maximum atomic E-state index is 15.1. The van der Waals surface area contributed by atoms with E-state index >= 15 is 4.39 Å². The van der Waals surface area contributed by atoms with E-state index in [1.165, 1.54) is 12.1 Å². The van der Waals surface area contributed by atoms with E-state index < -0.39 is 35.3 Å². The van der Waals surface area contributed by atoms with E-state index in [1.807, 2.05) is 4.90 Å². The van der Waals surface area contributed by atoms with Gasteiger partial charge in [-0.2, -0.15) is 13.2 Å². The molecule has 4 rings (SSSR count). The summed E-state index contributed by atoms with van der Waals surface area (Å²) in [7, 11) is 0. The van der Waals surface area contributed by atoms with Gasteiger partial charge in [-0.25, -0.2) is 18.4 Å². The van der Waals surface area contributed by atoms with Crippen LogP contribution in [0.15, 0.2) is 30.3 Å². The van der Waals surface area contributed by atoms with Gasteiger partial charge in [0.1, 0.15) is 23.5 Å². The second-order valence-electron chi connectivity index (χ2n) is 8.66. The average Bonchev–Trinajstić information content (AvgIpc) is 3.63. The van der Waals surface area contributed by atoms with E-state index in [2.05, 4.69) is 4.74 Å².